The molecule has 0 spiro atoms. The molecule has 3 nitrogen and oxygen atoms in total. The van der Waals surface area contributed by atoms with Gasteiger partial charge in [0.25, 0.3) is 5.91 Å². The molecule has 3 heteroatoms. The van der Waals surface area contributed by atoms with Crippen LogP contribution in [0.3, 0.4) is 0 Å². The average molecular weight is 254 g/mol. The molecule has 1 amide bonds. The van der Waals surface area contributed by atoms with E-state index in [2.05, 4.69) is 16.7 Å². The summed E-state index contributed by atoms with van der Waals surface area (Å²) < 4.78 is 0. The van der Waals surface area contributed by atoms with E-state index in [9.17, 15) is 4.79 Å². The number of nitrogens with one attached hydrogen (secondary N) is 2. The number of carbonyl (C=O) groups is 1. The summed E-state index contributed by atoms with van der Waals surface area (Å²) in [6.45, 7) is 1.78. The Morgan fingerprint density at radius 3 is 2.84 bits per heavy atom. The molecule has 0 aromatic heterocycles. The third-order valence-corrected chi connectivity index (χ3v) is 3.68. The van der Waals surface area contributed by atoms with Gasteiger partial charge >= 0.3 is 0 Å². The zero-order chi connectivity index (χ0) is 13.1. The van der Waals surface area contributed by atoms with Crippen molar-refractivity contribution in [2.45, 2.75) is 18.9 Å². The van der Waals surface area contributed by atoms with E-state index in [4.69, 9.17) is 0 Å². The van der Waals surface area contributed by atoms with E-state index in [1.165, 1.54) is 6.42 Å². The molecule has 1 unspecified atom stereocenters. The number of fused-ring (bicyclic) bond motifs is 1. The molecule has 0 saturated carbocycles. The molecule has 1 fully saturated rings. The molecule has 98 valence electrons. The summed E-state index contributed by atoms with van der Waals surface area (Å²) >= 11 is 0. The monoisotopic (exact) mass is 254 g/mol. The highest BCUT2D eigenvalue weighted by atomic mass is 16.1. The number of rotatable bonds is 3. The van der Waals surface area contributed by atoms with E-state index in [1.54, 1.807) is 0 Å². The van der Waals surface area contributed by atoms with Crippen LogP contribution in [0.15, 0.2) is 42.5 Å². The van der Waals surface area contributed by atoms with Gasteiger partial charge in [-0.3, -0.25) is 4.79 Å². The molecule has 2 aromatic rings. The molecule has 2 aromatic carbocycles. The molecule has 1 aliphatic rings. The number of hydrogen-bond acceptors (Lipinski definition) is 2. The second-order valence-corrected chi connectivity index (χ2v) is 5.07. The highest BCUT2D eigenvalue weighted by molar-refractivity contribution is 5.98. The van der Waals surface area contributed by atoms with Crippen molar-refractivity contribution in [1.29, 1.82) is 0 Å². The SMILES string of the molecule is O=C(NCC1CCCN1)c1ccc2ccccc2c1. The minimum atomic E-state index is 0.0134. The van der Waals surface area contributed by atoms with Crippen molar-refractivity contribution in [2.75, 3.05) is 13.1 Å². The van der Waals surface area contributed by atoms with Crippen LogP contribution in [0.25, 0.3) is 10.8 Å². The molecule has 0 aliphatic carbocycles. The molecule has 3 rings (SSSR count). The van der Waals surface area contributed by atoms with Crippen LogP contribution in [0, 0.1) is 0 Å². The Morgan fingerprint density at radius 1 is 1.21 bits per heavy atom. The molecular weight excluding hydrogens is 236 g/mol. The van der Waals surface area contributed by atoms with E-state index >= 15 is 0 Å². The minimum Gasteiger partial charge on any atom is -0.350 e. The summed E-state index contributed by atoms with van der Waals surface area (Å²) in [4.78, 5) is 12.1. The zero-order valence-corrected chi connectivity index (χ0v) is 10.9. The third-order valence-electron chi connectivity index (χ3n) is 3.68. The van der Waals surface area contributed by atoms with Gasteiger partial charge in [0.2, 0.25) is 0 Å². The summed E-state index contributed by atoms with van der Waals surface area (Å²) in [5.74, 6) is 0.0134. The number of benzene rings is 2. The van der Waals surface area contributed by atoms with Crippen molar-refractivity contribution in [2.24, 2.45) is 0 Å². The van der Waals surface area contributed by atoms with Gasteiger partial charge in [-0.1, -0.05) is 30.3 Å². The maximum atomic E-state index is 12.1. The third kappa shape index (κ3) is 2.76. The van der Waals surface area contributed by atoms with Crippen LogP contribution in [-0.2, 0) is 0 Å². The predicted octanol–water partition coefficient (Wildman–Crippen LogP) is 2.32. The summed E-state index contributed by atoms with van der Waals surface area (Å²) in [7, 11) is 0. The lowest BCUT2D eigenvalue weighted by Crippen LogP contribution is -2.37. The molecule has 1 atom stereocenters. The van der Waals surface area contributed by atoms with Gasteiger partial charge in [-0.25, -0.2) is 0 Å². The van der Waals surface area contributed by atoms with Crippen LogP contribution in [0.5, 0.6) is 0 Å². The normalized spacial score (nSPS) is 18.6. The standard InChI is InChI=1S/C16H18N2O/c19-16(18-11-15-6-3-9-17-15)14-8-7-12-4-1-2-5-13(12)10-14/h1-2,4-5,7-8,10,15,17H,3,6,9,11H2,(H,18,19). The van der Waals surface area contributed by atoms with E-state index in [-0.39, 0.29) is 5.91 Å². The van der Waals surface area contributed by atoms with Crippen LogP contribution in [0.4, 0.5) is 0 Å². The number of hydrogen-bond donors (Lipinski definition) is 2. The van der Waals surface area contributed by atoms with Crippen LogP contribution < -0.4 is 10.6 Å². The number of carbonyl (C=O) groups excluding carboxylic acids is 1. The van der Waals surface area contributed by atoms with E-state index < -0.39 is 0 Å². The quantitative estimate of drug-likeness (QED) is 0.882. The van der Waals surface area contributed by atoms with Gasteiger partial charge in [0.15, 0.2) is 0 Å². The van der Waals surface area contributed by atoms with Gasteiger partial charge in [-0.2, -0.15) is 0 Å². The fourth-order valence-corrected chi connectivity index (χ4v) is 2.58. The highest BCUT2D eigenvalue weighted by Gasteiger charge is 2.15. The fraction of sp³-hybridized carbons (Fsp3) is 0.312. The molecule has 1 aliphatic heterocycles. The van der Waals surface area contributed by atoms with Crippen LogP contribution in [0.1, 0.15) is 23.2 Å². The fourth-order valence-electron chi connectivity index (χ4n) is 2.58. The van der Waals surface area contributed by atoms with Gasteiger partial charge < -0.3 is 10.6 Å². The maximum Gasteiger partial charge on any atom is 0.251 e. The van der Waals surface area contributed by atoms with Crippen LogP contribution >= 0.6 is 0 Å². The Hall–Kier alpha value is -1.87. The second kappa shape index (κ2) is 5.41. The van der Waals surface area contributed by atoms with E-state index in [0.717, 1.165) is 29.3 Å². The molecule has 0 radical (unpaired) electrons. The molecule has 2 N–H and O–H groups in total. The highest BCUT2D eigenvalue weighted by Crippen LogP contribution is 2.15. The van der Waals surface area contributed by atoms with Crippen LogP contribution in [0.2, 0.25) is 0 Å². The molecule has 0 bridgehead atoms. The number of amides is 1. The summed E-state index contributed by atoms with van der Waals surface area (Å²) in [5, 5.41) is 8.65. The Bertz CT molecular complexity index is 588. The largest absolute Gasteiger partial charge is 0.350 e. The van der Waals surface area contributed by atoms with Gasteiger partial charge in [0.05, 0.1) is 0 Å². The van der Waals surface area contributed by atoms with Gasteiger partial charge in [-0.15, -0.1) is 0 Å². The van der Waals surface area contributed by atoms with E-state index in [1.807, 2.05) is 36.4 Å². The first-order valence-electron chi connectivity index (χ1n) is 6.83. The van der Waals surface area contributed by atoms with Crippen molar-refractivity contribution in [3.05, 3.63) is 48.0 Å². The lowest BCUT2D eigenvalue weighted by atomic mass is 10.1. The summed E-state index contributed by atoms with van der Waals surface area (Å²) in [6, 6.07) is 14.4. The van der Waals surface area contributed by atoms with Gasteiger partial charge in [0, 0.05) is 18.2 Å². The smallest absolute Gasteiger partial charge is 0.251 e. The molecule has 19 heavy (non-hydrogen) atoms. The van der Waals surface area contributed by atoms with Crippen LogP contribution in [-0.4, -0.2) is 25.0 Å². The lowest BCUT2D eigenvalue weighted by molar-refractivity contribution is 0.0950. The molecule has 1 heterocycles. The Morgan fingerprint density at radius 2 is 2.05 bits per heavy atom. The van der Waals surface area contributed by atoms with Gasteiger partial charge in [-0.05, 0) is 42.3 Å². The summed E-state index contributed by atoms with van der Waals surface area (Å²) in [6.07, 6.45) is 2.36. The first kappa shape index (κ1) is 12.2. The average Bonchev–Trinajstić information content (AvgIpc) is 2.97. The minimum absolute atomic E-state index is 0.0134. The summed E-state index contributed by atoms with van der Waals surface area (Å²) in [5.41, 5.74) is 0.733. The lowest BCUT2D eigenvalue weighted by Gasteiger charge is -2.11. The van der Waals surface area contributed by atoms with Crippen molar-refractivity contribution in [3.63, 3.8) is 0 Å². The van der Waals surface area contributed by atoms with Crippen molar-refractivity contribution in [1.82, 2.24) is 10.6 Å². The molecular formula is C16H18N2O. The van der Waals surface area contributed by atoms with E-state index in [0.29, 0.717) is 12.6 Å². The van der Waals surface area contributed by atoms with Gasteiger partial charge in [0.1, 0.15) is 0 Å². The molecule has 1 saturated heterocycles. The topological polar surface area (TPSA) is 41.1 Å². The Labute approximate surface area is 113 Å². The Kier molecular flexibility index (Phi) is 3.47. The Balaban J connectivity index is 1.70. The van der Waals surface area contributed by atoms with Crippen molar-refractivity contribution in [3.8, 4) is 0 Å². The predicted molar refractivity (Wildman–Crippen MR) is 77.3 cm³/mol. The first-order valence-corrected chi connectivity index (χ1v) is 6.83. The van der Waals surface area contributed by atoms with Crippen molar-refractivity contribution >= 4 is 16.7 Å². The maximum absolute atomic E-state index is 12.1. The second-order valence-electron chi connectivity index (χ2n) is 5.07. The first-order chi connectivity index (χ1) is 9.33. The van der Waals surface area contributed by atoms with Crippen molar-refractivity contribution < 1.29 is 4.79 Å². The zero-order valence-electron chi connectivity index (χ0n) is 10.9.